The van der Waals surface area contributed by atoms with Gasteiger partial charge in [-0.1, -0.05) is 0 Å². The predicted octanol–water partition coefficient (Wildman–Crippen LogP) is 0.632. The van der Waals surface area contributed by atoms with Crippen LogP contribution < -0.4 is 0 Å². The minimum absolute atomic E-state index is 0.112. The summed E-state index contributed by atoms with van der Waals surface area (Å²) in [5.74, 6) is -1.49. The Hall–Kier alpha value is -1.65. The first-order chi connectivity index (χ1) is 6.47. The van der Waals surface area contributed by atoms with Crippen molar-refractivity contribution in [1.82, 2.24) is 9.97 Å². The Morgan fingerprint density at radius 1 is 1.64 bits per heavy atom. The first-order valence-corrected chi connectivity index (χ1v) is 4.19. The molecule has 2 N–H and O–H groups in total. The average Bonchev–Trinajstić information content (AvgIpc) is 2.55. The molecule has 0 aliphatic heterocycles. The lowest BCUT2D eigenvalue weighted by atomic mass is 9.82. The molecule has 1 aromatic heterocycles. The van der Waals surface area contributed by atoms with Crippen molar-refractivity contribution in [3.05, 3.63) is 18.2 Å². The van der Waals surface area contributed by atoms with E-state index in [-0.39, 0.29) is 12.2 Å². The molecule has 0 aliphatic carbocycles. The quantitative estimate of drug-likeness (QED) is 0.692. The summed E-state index contributed by atoms with van der Waals surface area (Å²) in [7, 11) is 0. The van der Waals surface area contributed by atoms with Gasteiger partial charge in [-0.2, -0.15) is 0 Å². The van der Waals surface area contributed by atoms with Crippen LogP contribution in [0.4, 0.5) is 0 Å². The van der Waals surface area contributed by atoms with E-state index >= 15 is 0 Å². The maximum absolute atomic E-state index is 11.2. The van der Waals surface area contributed by atoms with Crippen LogP contribution in [0.1, 0.15) is 19.5 Å². The van der Waals surface area contributed by atoms with Crippen molar-refractivity contribution in [1.29, 1.82) is 0 Å². The van der Waals surface area contributed by atoms with Crippen molar-refractivity contribution in [3.8, 4) is 0 Å². The van der Waals surface area contributed by atoms with Crippen LogP contribution >= 0.6 is 0 Å². The van der Waals surface area contributed by atoms with Crippen LogP contribution in [0.3, 0.4) is 0 Å². The van der Waals surface area contributed by atoms with E-state index in [0.717, 1.165) is 0 Å². The molecule has 5 nitrogen and oxygen atoms in total. The number of H-pyrrole nitrogens is 1. The van der Waals surface area contributed by atoms with E-state index in [1.165, 1.54) is 20.2 Å². The van der Waals surface area contributed by atoms with Gasteiger partial charge in [-0.3, -0.25) is 9.59 Å². The molecule has 5 heteroatoms. The number of aromatic nitrogens is 2. The standard InChI is InChI=1S/C9H12N2O3/c1-6(12)9(2,8(13)14)3-7-4-10-5-11-7/h4-5H,3H2,1-2H3,(H,10,11)(H,13,14)/t9-/m0/s1. The number of carbonyl (C=O) groups is 2. The molecule has 0 fully saturated rings. The zero-order valence-electron chi connectivity index (χ0n) is 8.07. The number of carbonyl (C=O) groups excluding carboxylic acids is 1. The van der Waals surface area contributed by atoms with Gasteiger partial charge in [-0.15, -0.1) is 0 Å². The number of carboxylic acids is 1. The molecule has 0 bridgehead atoms. The van der Waals surface area contributed by atoms with E-state index in [1.54, 1.807) is 6.20 Å². The molecule has 0 aromatic carbocycles. The summed E-state index contributed by atoms with van der Waals surface area (Å²) in [6, 6.07) is 0. The molecular formula is C9H12N2O3. The molecule has 0 unspecified atom stereocenters. The minimum Gasteiger partial charge on any atom is -0.480 e. The van der Waals surface area contributed by atoms with E-state index in [2.05, 4.69) is 9.97 Å². The molecule has 0 saturated carbocycles. The van der Waals surface area contributed by atoms with Gasteiger partial charge in [0.05, 0.1) is 12.0 Å². The Labute approximate surface area is 81.2 Å². The second-order valence-corrected chi connectivity index (χ2v) is 3.43. The molecule has 1 rings (SSSR count). The van der Waals surface area contributed by atoms with Gasteiger partial charge in [0.25, 0.3) is 0 Å². The van der Waals surface area contributed by atoms with Crippen LogP contribution in [0.25, 0.3) is 0 Å². The van der Waals surface area contributed by atoms with Crippen molar-refractivity contribution in [2.75, 3.05) is 0 Å². The lowest BCUT2D eigenvalue weighted by molar-refractivity contribution is -0.153. The van der Waals surface area contributed by atoms with E-state index in [4.69, 9.17) is 5.11 Å². The highest BCUT2D eigenvalue weighted by molar-refractivity contribution is 6.01. The first kappa shape index (κ1) is 10.4. The zero-order chi connectivity index (χ0) is 10.8. The summed E-state index contributed by atoms with van der Waals surface area (Å²) in [4.78, 5) is 28.8. The number of rotatable bonds is 4. The topological polar surface area (TPSA) is 83.0 Å². The molecule has 1 aromatic rings. The summed E-state index contributed by atoms with van der Waals surface area (Å²) < 4.78 is 0. The number of nitrogens with zero attached hydrogens (tertiary/aromatic N) is 1. The van der Waals surface area contributed by atoms with Gasteiger partial charge in [-0.25, -0.2) is 4.98 Å². The van der Waals surface area contributed by atoms with Gasteiger partial charge in [0.2, 0.25) is 0 Å². The van der Waals surface area contributed by atoms with Crippen molar-refractivity contribution < 1.29 is 14.7 Å². The second-order valence-electron chi connectivity index (χ2n) is 3.43. The van der Waals surface area contributed by atoms with Crippen LogP contribution in [0.15, 0.2) is 12.5 Å². The number of carboxylic acid groups (broad SMARTS) is 1. The number of hydrogen-bond donors (Lipinski definition) is 2. The molecule has 0 spiro atoms. The zero-order valence-corrected chi connectivity index (χ0v) is 8.07. The second kappa shape index (κ2) is 3.61. The summed E-state index contributed by atoms with van der Waals surface area (Å²) >= 11 is 0. The highest BCUT2D eigenvalue weighted by Crippen LogP contribution is 2.23. The van der Waals surface area contributed by atoms with Crippen LogP contribution in [0.5, 0.6) is 0 Å². The lowest BCUT2D eigenvalue weighted by Gasteiger charge is -2.19. The van der Waals surface area contributed by atoms with Crippen LogP contribution in [-0.2, 0) is 16.0 Å². The summed E-state index contributed by atoms with van der Waals surface area (Å²) in [5, 5.41) is 8.94. The van der Waals surface area contributed by atoms with Crippen LogP contribution in [0, 0.1) is 5.41 Å². The molecule has 1 heterocycles. The Morgan fingerprint density at radius 3 is 2.64 bits per heavy atom. The monoisotopic (exact) mass is 196 g/mol. The summed E-state index contributed by atoms with van der Waals surface area (Å²) in [5.41, 5.74) is -0.806. The predicted molar refractivity (Wildman–Crippen MR) is 48.7 cm³/mol. The van der Waals surface area contributed by atoms with Crippen LogP contribution in [-0.4, -0.2) is 26.8 Å². The lowest BCUT2D eigenvalue weighted by Crippen LogP contribution is -2.37. The fraction of sp³-hybridized carbons (Fsp3) is 0.444. The molecule has 0 amide bonds. The Morgan fingerprint density at radius 2 is 2.29 bits per heavy atom. The average molecular weight is 196 g/mol. The highest BCUT2D eigenvalue weighted by Gasteiger charge is 2.38. The Balaban J connectivity index is 2.91. The molecule has 0 saturated heterocycles. The van der Waals surface area contributed by atoms with Crippen molar-refractivity contribution >= 4 is 11.8 Å². The summed E-state index contributed by atoms with van der Waals surface area (Å²) in [6.45, 7) is 2.69. The number of hydrogen-bond acceptors (Lipinski definition) is 3. The van der Waals surface area contributed by atoms with Crippen molar-refractivity contribution in [3.63, 3.8) is 0 Å². The molecule has 76 valence electrons. The maximum Gasteiger partial charge on any atom is 0.317 e. The SMILES string of the molecule is CC(=O)[C@](C)(Cc1c[nH]cn1)C(=O)O. The minimum atomic E-state index is -1.38. The fourth-order valence-corrected chi connectivity index (χ4v) is 1.10. The number of aromatic amines is 1. The van der Waals surface area contributed by atoms with Crippen LogP contribution in [0.2, 0.25) is 0 Å². The molecule has 0 aliphatic rings. The largest absolute Gasteiger partial charge is 0.480 e. The Bertz CT molecular complexity index is 329. The Kier molecular flexibility index (Phi) is 2.69. The number of nitrogens with one attached hydrogen (secondary N) is 1. The highest BCUT2D eigenvalue weighted by atomic mass is 16.4. The fourth-order valence-electron chi connectivity index (χ4n) is 1.10. The summed E-state index contributed by atoms with van der Waals surface area (Å²) in [6.07, 6.45) is 3.16. The molecule has 14 heavy (non-hydrogen) atoms. The number of imidazole rings is 1. The van der Waals surface area contributed by atoms with Gasteiger partial charge in [0.15, 0.2) is 0 Å². The molecular weight excluding hydrogens is 184 g/mol. The number of Topliss-reactive ketones (excluding diaryl/α,β-unsaturated/α-hetero) is 1. The van der Waals surface area contributed by atoms with E-state index < -0.39 is 11.4 Å². The third kappa shape index (κ3) is 1.81. The van der Waals surface area contributed by atoms with Crippen molar-refractivity contribution in [2.45, 2.75) is 20.3 Å². The number of ketones is 1. The smallest absolute Gasteiger partial charge is 0.317 e. The number of aliphatic carboxylic acids is 1. The van der Waals surface area contributed by atoms with E-state index in [0.29, 0.717) is 5.69 Å². The first-order valence-electron chi connectivity index (χ1n) is 4.19. The third-order valence-electron chi connectivity index (χ3n) is 2.34. The van der Waals surface area contributed by atoms with Gasteiger partial charge in [-0.05, 0) is 13.8 Å². The van der Waals surface area contributed by atoms with Gasteiger partial charge < -0.3 is 10.1 Å². The van der Waals surface area contributed by atoms with Crippen molar-refractivity contribution in [2.24, 2.45) is 5.41 Å². The normalized spacial score (nSPS) is 14.7. The molecule has 1 atom stereocenters. The molecule has 0 radical (unpaired) electrons. The maximum atomic E-state index is 11.2. The third-order valence-corrected chi connectivity index (χ3v) is 2.34. The van der Waals surface area contributed by atoms with Gasteiger partial charge >= 0.3 is 5.97 Å². The van der Waals surface area contributed by atoms with Gasteiger partial charge in [0, 0.05) is 12.6 Å². The van der Waals surface area contributed by atoms with E-state index in [9.17, 15) is 9.59 Å². The van der Waals surface area contributed by atoms with E-state index in [1.807, 2.05) is 0 Å². The van der Waals surface area contributed by atoms with Gasteiger partial charge in [0.1, 0.15) is 11.2 Å².